The standard InChI is InChI=1S/C10H18O2S/c1-5-6-8(11)7-9(12)13-10(2,3)4/h5-6,8,11H,7H2,1-4H3/b6-5+. The van der Waals surface area contributed by atoms with Crippen molar-refractivity contribution in [2.75, 3.05) is 0 Å². The van der Waals surface area contributed by atoms with Crippen molar-refractivity contribution in [1.82, 2.24) is 0 Å². The van der Waals surface area contributed by atoms with Crippen LogP contribution in [0.3, 0.4) is 0 Å². The van der Waals surface area contributed by atoms with Gasteiger partial charge in [0, 0.05) is 11.2 Å². The fourth-order valence-electron chi connectivity index (χ4n) is 0.844. The average Bonchev–Trinajstić information content (AvgIpc) is 1.81. The molecule has 0 heterocycles. The molecule has 76 valence electrons. The van der Waals surface area contributed by atoms with E-state index in [0.29, 0.717) is 0 Å². The first-order valence-electron chi connectivity index (χ1n) is 4.38. The molecule has 1 N–H and O–H groups in total. The smallest absolute Gasteiger partial charge is 0.192 e. The van der Waals surface area contributed by atoms with E-state index in [1.165, 1.54) is 11.8 Å². The summed E-state index contributed by atoms with van der Waals surface area (Å²) in [5.74, 6) is 0. The summed E-state index contributed by atoms with van der Waals surface area (Å²) < 4.78 is -0.0628. The predicted molar refractivity (Wildman–Crippen MR) is 57.8 cm³/mol. The van der Waals surface area contributed by atoms with Crippen LogP contribution in [0.15, 0.2) is 12.2 Å². The molecule has 0 aromatic rings. The number of aliphatic hydroxyl groups excluding tert-OH is 1. The molecule has 0 radical (unpaired) electrons. The summed E-state index contributed by atoms with van der Waals surface area (Å²) in [6.45, 7) is 7.78. The van der Waals surface area contributed by atoms with Crippen LogP contribution in [-0.2, 0) is 4.79 Å². The summed E-state index contributed by atoms with van der Waals surface area (Å²) in [6, 6.07) is 0. The van der Waals surface area contributed by atoms with Crippen molar-refractivity contribution in [3.8, 4) is 0 Å². The highest BCUT2D eigenvalue weighted by atomic mass is 32.2. The van der Waals surface area contributed by atoms with Gasteiger partial charge in [-0.3, -0.25) is 4.79 Å². The van der Waals surface area contributed by atoms with Crippen molar-refractivity contribution < 1.29 is 9.90 Å². The fraction of sp³-hybridized carbons (Fsp3) is 0.700. The Morgan fingerprint density at radius 1 is 1.54 bits per heavy atom. The molecular formula is C10H18O2S. The SMILES string of the molecule is C/C=C/C(O)CC(=O)SC(C)(C)C. The molecule has 3 heteroatoms. The van der Waals surface area contributed by atoms with Crippen molar-refractivity contribution in [2.24, 2.45) is 0 Å². The van der Waals surface area contributed by atoms with Gasteiger partial charge in [-0.05, 0) is 6.92 Å². The third-order valence-corrected chi connectivity index (χ3v) is 2.22. The zero-order valence-electron chi connectivity index (χ0n) is 8.70. The highest BCUT2D eigenvalue weighted by Crippen LogP contribution is 2.25. The molecule has 0 saturated heterocycles. The third kappa shape index (κ3) is 8.06. The van der Waals surface area contributed by atoms with Gasteiger partial charge in [0.2, 0.25) is 0 Å². The van der Waals surface area contributed by atoms with E-state index in [-0.39, 0.29) is 16.3 Å². The highest BCUT2D eigenvalue weighted by molar-refractivity contribution is 8.14. The van der Waals surface area contributed by atoms with Gasteiger partial charge in [0.1, 0.15) is 0 Å². The van der Waals surface area contributed by atoms with Crippen molar-refractivity contribution >= 4 is 16.9 Å². The zero-order chi connectivity index (χ0) is 10.5. The largest absolute Gasteiger partial charge is 0.389 e. The molecule has 0 aromatic carbocycles. The fourth-order valence-corrected chi connectivity index (χ4v) is 1.78. The van der Waals surface area contributed by atoms with E-state index in [1.54, 1.807) is 12.2 Å². The maximum atomic E-state index is 11.3. The van der Waals surface area contributed by atoms with Crippen LogP contribution in [0, 0.1) is 0 Å². The number of aliphatic hydroxyl groups is 1. The second kappa shape index (κ2) is 5.45. The van der Waals surface area contributed by atoms with E-state index in [2.05, 4.69) is 0 Å². The Labute approximate surface area is 84.4 Å². The van der Waals surface area contributed by atoms with Crippen molar-refractivity contribution in [3.63, 3.8) is 0 Å². The van der Waals surface area contributed by atoms with Crippen LogP contribution in [0.5, 0.6) is 0 Å². The third-order valence-electron chi connectivity index (χ3n) is 1.21. The zero-order valence-corrected chi connectivity index (χ0v) is 9.52. The first kappa shape index (κ1) is 12.7. The lowest BCUT2D eigenvalue weighted by Gasteiger charge is -2.16. The van der Waals surface area contributed by atoms with Gasteiger partial charge >= 0.3 is 0 Å². The van der Waals surface area contributed by atoms with Crippen LogP contribution in [0.1, 0.15) is 34.1 Å². The minimum atomic E-state index is -0.632. The lowest BCUT2D eigenvalue weighted by atomic mass is 10.2. The lowest BCUT2D eigenvalue weighted by Crippen LogP contribution is -2.15. The van der Waals surface area contributed by atoms with Crippen molar-refractivity contribution in [3.05, 3.63) is 12.2 Å². The van der Waals surface area contributed by atoms with E-state index < -0.39 is 6.10 Å². The van der Waals surface area contributed by atoms with Gasteiger partial charge in [0.15, 0.2) is 5.12 Å². The van der Waals surface area contributed by atoms with Gasteiger partial charge in [-0.1, -0.05) is 44.7 Å². The molecular weight excluding hydrogens is 184 g/mol. The molecule has 0 aliphatic rings. The van der Waals surface area contributed by atoms with Gasteiger partial charge in [-0.25, -0.2) is 0 Å². The molecule has 1 unspecified atom stereocenters. The van der Waals surface area contributed by atoms with E-state index >= 15 is 0 Å². The topological polar surface area (TPSA) is 37.3 Å². The summed E-state index contributed by atoms with van der Waals surface area (Å²) in [4.78, 5) is 11.3. The lowest BCUT2D eigenvalue weighted by molar-refractivity contribution is -0.112. The minimum absolute atomic E-state index is 0.0399. The number of hydrogen-bond donors (Lipinski definition) is 1. The molecule has 0 rings (SSSR count). The second-order valence-electron chi connectivity index (χ2n) is 3.88. The Hall–Kier alpha value is -0.280. The van der Waals surface area contributed by atoms with Crippen molar-refractivity contribution in [2.45, 2.75) is 45.0 Å². The molecule has 1 atom stereocenters. The molecule has 0 fully saturated rings. The molecule has 0 aromatic heterocycles. The normalized spacial score (nSPS) is 14.8. The Morgan fingerprint density at radius 2 is 2.08 bits per heavy atom. The maximum absolute atomic E-state index is 11.3. The van der Waals surface area contributed by atoms with Gasteiger partial charge in [-0.2, -0.15) is 0 Å². The minimum Gasteiger partial charge on any atom is -0.389 e. The summed E-state index contributed by atoms with van der Waals surface area (Å²) in [7, 11) is 0. The Bertz CT molecular complexity index is 192. The molecule has 0 amide bonds. The Balaban J connectivity index is 3.88. The average molecular weight is 202 g/mol. The summed E-state index contributed by atoms with van der Waals surface area (Å²) in [5.41, 5.74) is 0. The molecule has 0 aliphatic heterocycles. The van der Waals surface area contributed by atoms with Crippen LogP contribution in [0.2, 0.25) is 0 Å². The molecule has 0 bridgehead atoms. The van der Waals surface area contributed by atoms with E-state index in [4.69, 9.17) is 0 Å². The number of hydrogen-bond acceptors (Lipinski definition) is 3. The van der Waals surface area contributed by atoms with Crippen molar-refractivity contribution in [1.29, 1.82) is 0 Å². The molecule has 0 spiro atoms. The first-order valence-corrected chi connectivity index (χ1v) is 5.19. The molecule has 0 saturated carbocycles. The molecule has 13 heavy (non-hydrogen) atoms. The Morgan fingerprint density at radius 3 is 2.46 bits per heavy atom. The number of thioether (sulfide) groups is 1. The Kier molecular flexibility index (Phi) is 5.33. The molecule has 2 nitrogen and oxygen atoms in total. The van der Waals surface area contributed by atoms with E-state index in [0.717, 1.165) is 0 Å². The van der Waals surface area contributed by atoms with Crippen LogP contribution in [0.25, 0.3) is 0 Å². The predicted octanol–water partition coefficient (Wildman–Crippen LogP) is 2.37. The quantitative estimate of drug-likeness (QED) is 0.714. The van der Waals surface area contributed by atoms with Gasteiger partial charge in [0.05, 0.1) is 6.10 Å². The van der Waals surface area contributed by atoms with Crippen LogP contribution in [-0.4, -0.2) is 21.1 Å². The van der Waals surface area contributed by atoms with Crippen LogP contribution < -0.4 is 0 Å². The first-order chi connectivity index (χ1) is 5.85. The van der Waals surface area contributed by atoms with Gasteiger partial charge in [-0.15, -0.1) is 0 Å². The van der Waals surface area contributed by atoms with Gasteiger partial charge in [0.25, 0.3) is 0 Å². The van der Waals surface area contributed by atoms with E-state index in [1.807, 2.05) is 27.7 Å². The number of allylic oxidation sites excluding steroid dienone is 1. The summed E-state index contributed by atoms with van der Waals surface area (Å²) in [6.07, 6.45) is 2.94. The maximum Gasteiger partial charge on any atom is 0.192 e. The second-order valence-corrected chi connectivity index (χ2v) is 5.77. The summed E-state index contributed by atoms with van der Waals surface area (Å²) in [5, 5.41) is 9.34. The monoisotopic (exact) mass is 202 g/mol. The number of carbonyl (C=O) groups excluding carboxylic acids is 1. The van der Waals surface area contributed by atoms with E-state index in [9.17, 15) is 9.90 Å². The number of carbonyl (C=O) groups is 1. The molecule has 0 aliphatic carbocycles. The van der Waals surface area contributed by atoms with Gasteiger partial charge < -0.3 is 5.11 Å². The number of rotatable bonds is 3. The van der Waals surface area contributed by atoms with Crippen LogP contribution >= 0.6 is 11.8 Å². The van der Waals surface area contributed by atoms with Crippen LogP contribution in [0.4, 0.5) is 0 Å². The summed E-state index contributed by atoms with van der Waals surface area (Å²) >= 11 is 1.28. The highest BCUT2D eigenvalue weighted by Gasteiger charge is 2.18.